The van der Waals surface area contributed by atoms with Crippen LogP contribution in [0.15, 0.2) is 0 Å². The molecule has 2 fully saturated rings. The molecule has 2 saturated heterocycles. The summed E-state index contributed by atoms with van der Waals surface area (Å²) < 4.78 is 11.4. The maximum atomic E-state index is 5.72. The average Bonchev–Trinajstić information content (AvgIpc) is 2.62. The zero-order chi connectivity index (χ0) is 8.99. The third-order valence-corrected chi connectivity index (χ3v) is 2.89. The number of hydrogen-bond acceptors (Lipinski definition) is 3. The Hall–Kier alpha value is -0.120. The van der Waals surface area contributed by atoms with Gasteiger partial charge in [0, 0.05) is 12.8 Å². The van der Waals surface area contributed by atoms with Gasteiger partial charge in [0.25, 0.3) is 0 Å². The first-order chi connectivity index (χ1) is 6.41. The first kappa shape index (κ1) is 9.44. The number of ether oxygens (including phenoxy) is 2. The van der Waals surface area contributed by atoms with E-state index in [1.54, 1.807) is 0 Å². The third-order valence-electron chi connectivity index (χ3n) is 2.89. The summed E-state index contributed by atoms with van der Waals surface area (Å²) in [6, 6.07) is 0. The highest BCUT2D eigenvalue weighted by Crippen LogP contribution is 2.30. The van der Waals surface area contributed by atoms with Crippen molar-refractivity contribution >= 4 is 0 Å². The van der Waals surface area contributed by atoms with Gasteiger partial charge in [-0.25, -0.2) is 0 Å². The molecule has 1 spiro atoms. The third kappa shape index (κ3) is 2.42. The summed E-state index contributed by atoms with van der Waals surface area (Å²) in [4.78, 5) is 0. The van der Waals surface area contributed by atoms with Gasteiger partial charge in [-0.2, -0.15) is 0 Å². The molecule has 2 rings (SSSR count). The van der Waals surface area contributed by atoms with E-state index in [0.717, 1.165) is 39.1 Å². The Morgan fingerprint density at radius 1 is 0.846 bits per heavy atom. The summed E-state index contributed by atoms with van der Waals surface area (Å²) in [6.45, 7) is 3.82. The molecule has 3 nitrogen and oxygen atoms in total. The predicted octanol–water partition coefficient (Wildman–Crippen LogP) is 1.28. The zero-order valence-electron chi connectivity index (χ0n) is 8.18. The Labute approximate surface area is 79.8 Å². The minimum Gasteiger partial charge on any atom is -0.348 e. The first-order valence-corrected chi connectivity index (χ1v) is 5.40. The van der Waals surface area contributed by atoms with Crippen LogP contribution in [0.4, 0.5) is 0 Å². The highest BCUT2D eigenvalue weighted by atomic mass is 16.7. The van der Waals surface area contributed by atoms with E-state index in [1.807, 2.05) is 0 Å². The average molecular weight is 185 g/mol. The molecule has 0 radical (unpaired) electrons. The van der Waals surface area contributed by atoms with Crippen LogP contribution in [-0.2, 0) is 9.47 Å². The Morgan fingerprint density at radius 3 is 2.38 bits per heavy atom. The molecule has 0 amide bonds. The predicted molar refractivity (Wildman–Crippen MR) is 50.6 cm³/mol. The number of hydrogen-bond donors (Lipinski definition) is 1. The van der Waals surface area contributed by atoms with Gasteiger partial charge in [0.05, 0.1) is 13.2 Å². The maximum absolute atomic E-state index is 5.72. The molecular weight excluding hydrogens is 166 g/mol. The minimum atomic E-state index is -0.202. The van der Waals surface area contributed by atoms with Crippen molar-refractivity contribution in [1.29, 1.82) is 0 Å². The van der Waals surface area contributed by atoms with E-state index in [-0.39, 0.29) is 5.79 Å². The summed E-state index contributed by atoms with van der Waals surface area (Å²) in [5.41, 5.74) is 0. The number of nitrogens with one attached hydrogen (secondary N) is 1. The molecule has 2 aliphatic heterocycles. The molecule has 0 unspecified atom stereocenters. The van der Waals surface area contributed by atoms with Gasteiger partial charge in [0.2, 0.25) is 0 Å². The zero-order valence-corrected chi connectivity index (χ0v) is 8.18. The molecular formula is C10H19NO2. The summed E-state index contributed by atoms with van der Waals surface area (Å²) >= 11 is 0. The molecule has 0 bridgehead atoms. The largest absolute Gasteiger partial charge is 0.348 e. The lowest BCUT2D eigenvalue weighted by molar-refractivity contribution is -0.167. The molecule has 13 heavy (non-hydrogen) atoms. The topological polar surface area (TPSA) is 30.5 Å². The van der Waals surface area contributed by atoms with Crippen LogP contribution in [0.1, 0.15) is 32.1 Å². The Bertz CT molecular complexity index is 143. The van der Waals surface area contributed by atoms with Crippen LogP contribution < -0.4 is 5.32 Å². The summed E-state index contributed by atoms with van der Waals surface area (Å²) in [5.74, 6) is -0.202. The lowest BCUT2D eigenvalue weighted by atomic mass is 10.0. The van der Waals surface area contributed by atoms with E-state index in [1.165, 1.54) is 19.3 Å². The number of rotatable bonds is 0. The lowest BCUT2D eigenvalue weighted by Crippen LogP contribution is -2.30. The van der Waals surface area contributed by atoms with Crippen LogP contribution in [0.5, 0.6) is 0 Å². The molecule has 0 saturated carbocycles. The van der Waals surface area contributed by atoms with Gasteiger partial charge in [-0.05, 0) is 32.4 Å². The standard InChI is InChI=1S/C10H19NO2/c1-2-6-11-7-3-5-10(4-1)12-8-9-13-10/h11H,1-9H2. The van der Waals surface area contributed by atoms with E-state index in [9.17, 15) is 0 Å². The maximum Gasteiger partial charge on any atom is 0.168 e. The fourth-order valence-corrected chi connectivity index (χ4v) is 2.16. The summed E-state index contributed by atoms with van der Waals surface area (Å²) in [6.07, 6.45) is 5.76. The van der Waals surface area contributed by atoms with Gasteiger partial charge < -0.3 is 14.8 Å². The van der Waals surface area contributed by atoms with Crippen LogP contribution in [-0.4, -0.2) is 32.1 Å². The summed E-state index contributed by atoms with van der Waals surface area (Å²) in [7, 11) is 0. The van der Waals surface area contributed by atoms with Crippen molar-refractivity contribution in [3.8, 4) is 0 Å². The molecule has 0 aromatic rings. The van der Waals surface area contributed by atoms with Gasteiger partial charge in [-0.1, -0.05) is 0 Å². The van der Waals surface area contributed by atoms with Crippen LogP contribution in [0.2, 0.25) is 0 Å². The smallest absolute Gasteiger partial charge is 0.168 e. The van der Waals surface area contributed by atoms with E-state index < -0.39 is 0 Å². The first-order valence-electron chi connectivity index (χ1n) is 5.40. The fraction of sp³-hybridized carbons (Fsp3) is 1.00. The second-order valence-electron chi connectivity index (χ2n) is 3.92. The SMILES string of the molecule is C1CCC2(CCCNC1)OCCO2. The monoisotopic (exact) mass is 185 g/mol. The Kier molecular flexibility index (Phi) is 3.19. The van der Waals surface area contributed by atoms with Crippen LogP contribution >= 0.6 is 0 Å². The van der Waals surface area contributed by atoms with Crippen molar-refractivity contribution in [2.45, 2.75) is 37.9 Å². The van der Waals surface area contributed by atoms with Crippen molar-refractivity contribution < 1.29 is 9.47 Å². The molecule has 1 N–H and O–H groups in total. The molecule has 0 aromatic heterocycles. The second-order valence-corrected chi connectivity index (χ2v) is 3.92. The van der Waals surface area contributed by atoms with Gasteiger partial charge >= 0.3 is 0 Å². The van der Waals surface area contributed by atoms with Crippen molar-refractivity contribution in [3.63, 3.8) is 0 Å². The van der Waals surface area contributed by atoms with Gasteiger partial charge in [0.15, 0.2) is 5.79 Å². The normalized spacial score (nSPS) is 29.5. The van der Waals surface area contributed by atoms with Gasteiger partial charge in [-0.15, -0.1) is 0 Å². The van der Waals surface area contributed by atoms with Gasteiger partial charge in [-0.3, -0.25) is 0 Å². The Balaban J connectivity index is 1.90. The van der Waals surface area contributed by atoms with E-state index in [4.69, 9.17) is 9.47 Å². The van der Waals surface area contributed by atoms with Crippen molar-refractivity contribution in [3.05, 3.63) is 0 Å². The molecule has 0 aliphatic carbocycles. The minimum absolute atomic E-state index is 0.202. The summed E-state index contributed by atoms with van der Waals surface area (Å²) in [5, 5.41) is 3.42. The van der Waals surface area contributed by atoms with E-state index in [0.29, 0.717) is 0 Å². The van der Waals surface area contributed by atoms with Crippen LogP contribution in [0.3, 0.4) is 0 Å². The van der Waals surface area contributed by atoms with Crippen molar-refractivity contribution in [2.75, 3.05) is 26.3 Å². The molecule has 3 heteroatoms. The molecule has 0 aromatic carbocycles. The van der Waals surface area contributed by atoms with Crippen LogP contribution in [0, 0.1) is 0 Å². The van der Waals surface area contributed by atoms with E-state index >= 15 is 0 Å². The molecule has 0 atom stereocenters. The van der Waals surface area contributed by atoms with Crippen molar-refractivity contribution in [1.82, 2.24) is 5.32 Å². The lowest BCUT2D eigenvalue weighted by Gasteiger charge is -2.26. The quantitative estimate of drug-likeness (QED) is 0.616. The highest BCUT2D eigenvalue weighted by molar-refractivity contribution is 4.76. The van der Waals surface area contributed by atoms with E-state index in [2.05, 4.69) is 5.32 Å². The van der Waals surface area contributed by atoms with Crippen molar-refractivity contribution in [2.24, 2.45) is 0 Å². The van der Waals surface area contributed by atoms with Crippen LogP contribution in [0.25, 0.3) is 0 Å². The second kappa shape index (κ2) is 4.40. The molecule has 2 aliphatic rings. The molecule has 2 heterocycles. The highest BCUT2D eigenvalue weighted by Gasteiger charge is 2.35. The fourth-order valence-electron chi connectivity index (χ4n) is 2.16. The Morgan fingerprint density at radius 2 is 1.54 bits per heavy atom. The molecule has 76 valence electrons. The van der Waals surface area contributed by atoms with Gasteiger partial charge in [0.1, 0.15) is 0 Å².